The number of fused-ring (bicyclic) bond motifs is 3. The van der Waals surface area contributed by atoms with Crippen molar-refractivity contribution in [1.29, 1.82) is 0 Å². The summed E-state index contributed by atoms with van der Waals surface area (Å²) < 4.78 is 2.48. The molecule has 1 nitrogen and oxygen atoms in total. The molecule has 0 radical (unpaired) electrons. The molecule has 0 atom stereocenters. The average molecular weight is 293 g/mol. The quantitative estimate of drug-likeness (QED) is 0.549. The summed E-state index contributed by atoms with van der Waals surface area (Å²) in [5, 5.41) is 2.93. The number of benzene rings is 2. The Bertz CT molecular complexity index is 836. The molecule has 0 aliphatic rings. The van der Waals surface area contributed by atoms with Crippen LogP contribution >= 0.6 is 0 Å². The van der Waals surface area contributed by atoms with E-state index in [1.807, 2.05) is 0 Å². The van der Waals surface area contributed by atoms with Gasteiger partial charge in [0, 0.05) is 28.4 Å². The summed E-state index contributed by atoms with van der Waals surface area (Å²) in [6.07, 6.45) is 3.71. The van der Waals surface area contributed by atoms with Crippen molar-refractivity contribution in [2.24, 2.45) is 0 Å². The molecule has 0 saturated carbocycles. The predicted octanol–water partition coefficient (Wildman–Crippen LogP) is 6.08. The van der Waals surface area contributed by atoms with Crippen molar-refractivity contribution in [3.05, 3.63) is 46.5 Å². The molecular weight excluding hydrogens is 266 g/mol. The maximum Gasteiger partial charge on any atom is 0.0496 e. The van der Waals surface area contributed by atoms with Crippen molar-refractivity contribution in [3.8, 4) is 0 Å². The lowest BCUT2D eigenvalue weighted by Crippen LogP contribution is -1.97. The third-order valence-electron chi connectivity index (χ3n) is 5.05. The first kappa shape index (κ1) is 15.1. The Morgan fingerprint density at radius 3 is 2.41 bits per heavy atom. The molecule has 1 heteroatoms. The largest absolute Gasteiger partial charge is 0.341 e. The SMILES string of the molecule is CCCCc1c(C)c(C)cc2c1c1cc(C)ccc1n2CC. The number of nitrogens with zero attached hydrogens (tertiary/aromatic N) is 1. The van der Waals surface area contributed by atoms with Crippen molar-refractivity contribution < 1.29 is 0 Å². The number of aromatic nitrogens is 1. The highest BCUT2D eigenvalue weighted by atomic mass is 15.0. The zero-order valence-corrected chi connectivity index (χ0v) is 14.6. The zero-order chi connectivity index (χ0) is 15.9. The highest BCUT2D eigenvalue weighted by molar-refractivity contribution is 6.10. The fourth-order valence-electron chi connectivity index (χ4n) is 3.70. The van der Waals surface area contributed by atoms with Gasteiger partial charge in [-0.05, 0) is 75.4 Å². The molecule has 3 rings (SSSR count). The Morgan fingerprint density at radius 2 is 1.73 bits per heavy atom. The number of unbranched alkanes of at least 4 members (excludes halogenated alkanes) is 1. The highest BCUT2D eigenvalue weighted by Gasteiger charge is 2.16. The number of rotatable bonds is 4. The summed E-state index contributed by atoms with van der Waals surface area (Å²) >= 11 is 0. The maximum absolute atomic E-state index is 2.48. The van der Waals surface area contributed by atoms with Crippen LogP contribution in [0.3, 0.4) is 0 Å². The molecule has 0 N–H and O–H groups in total. The molecule has 1 aromatic heterocycles. The Labute approximate surface area is 133 Å². The second-order valence-electron chi connectivity index (χ2n) is 6.56. The lowest BCUT2D eigenvalue weighted by Gasteiger charge is -2.12. The molecule has 116 valence electrons. The molecule has 0 amide bonds. The van der Waals surface area contributed by atoms with Crippen molar-refractivity contribution in [2.75, 3.05) is 0 Å². The van der Waals surface area contributed by atoms with E-state index in [9.17, 15) is 0 Å². The molecule has 2 aromatic carbocycles. The van der Waals surface area contributed by atoms with E-state index in [4.69, 9.17) is 0 Å². The minimum Gasteiger partial charge on any atom is -0.341 e. The number of aryl methyl sites for hydroxylation is 4. The van der Waals surface area contributed by atoms with Crippen LogP contribution < -0.4 is 0 Å². The van der Waals surface area contributed by atoms with Gasteiger partial charge in [-0.2, -0.15) is 0 Å². The smallest absolute Gasteiger partial charge is 0.0496 e. The molecule has 0 spiro atoms. The van der Waals surface area contributed by atoms with Crippen LogP contribution in [-0.4, -0.2) is 4.57 Å². The maximum atomic E-state index is 2.48. The van der Waals surface area contributed by atoms with Crippen molar-refractivity contribution in [3.63, 3.8) is 0 Å². The van der Waals surface area contributed by atoms with Gasteiger partial charge in [0.15, 0.2) is 0 Å². The molecule has 0 saturated heterocycles. The minimum atomic E-state index is 1.03. The first-order valence-electron chi connectivity index (χ1n) is 8.60. The van der Waals surface area contributed by atoms with Crippen LogP contribution in [-0.2, 0) is 13.0 Å². The van der Waals surface area contributed by atoms with Gasteiger partial charge in [-0.3, -0.25) is 0 Å². The molecule has 0 unspecified atom stereocenters. The second-order valence-corrected chi connectivity index (χ2v) is 6.56. The minimum absolute atomic E-state index is 1.03. The monoisotopic (exact) mass is 293 g/mol. The van der Waals surface area contributed by atoms with Gasteiger partial charge in [-0.15, -0.1) is 0 Å². The van der Waals surface area contributed by atoms with Gasteiger partial charge in [-0.25, -0.2) is 0 Å². The van der Waals surface area contributed by atoms with E-state index in [0.717, 1.165) is 6.54 Å². The number of hydrogen-bond acceptors (Lipinski definition) is 0. The van der Waals surface area contributed by atoms with Crippen molar-refractivity contribution in [1.82, 2.24) is 4.57 Å². The van der Waals surface area contributed by atoms with Crippen molar-refractivity contribution in [2.45, 2.75) is 60.4 Å². The van der Waals surface area contributed by atoms with E-state index in [1.165, 1.54) is 57.8 Å². The Balaban J connectivity index is 2.47. The van der Waals surface area contributed by atoms with E-state index in [1.54, 1.807) is 5.56 Å². The van der Waals surface area contributed by atoms with Crippen LogP contribution in [0.1, 0.15) is 48.9 Å². The van der Waals surface area contributed by atoms with Crippen LogP contribution in [0.25, 0.3) is 21.8 Å². The van der Waals surface area contributed by atoms with Gasteiger partial charge in [-0.1, -0.05) is 25.0 Å². The summed E-state index contributed by atoms with van der Waals surface area (Å²) in [4.78, 5) is 0. The van der Waals surface area contributed by atoms with Gasteiger partial charge in [0.1, 0.15) is 0 Å². The van der Waals surface area contributed by atoms with Gasteiger partial charge >= 0.3 is 0 Å². The average Bonchev–Trinajstić information content (AvgIpc) is 2.80. The summed E-state index contributed by atoms with van der Waals surface area (Å²) in [6.45, 7) is 12.3. The van der Waals surface area contributed by atoms with Crippen LogP contribution in [0.2, 0.25) is 0 Å². The zero-order valence-electron chi connectivity index (χ0n) is 14.6. The normalized spacial score (nSPS) is 11.7. The van der Waals surface area contributed by atoms with E-state index < -0.39 is 0 Å². The Morgan fingerprint density at radius 1 is 0.955 bits per heavy atom. The van der Waals surface area contributed by atoms with E-state index in [-0.39, 0.29) is 0 Å². The fourth-order valence-corrected chi connectivity index (χ4v) is 3.70. The van der Waals surface area contributed by atoms with E-state index >= 15 is 0 Å². The molecular formula is C21H27N. The van der Waals surface area contributed by atoms with Crippen molar-refractivity contribution >= 4 is 21.8 Å². The third-order valence-corrected chi connectivity index (χ3v) is 5.05. The molecule has 0 fully saturated rings. The van der Waals surface area contributed by atoms with Crippen LogP contribution in [0, 0.1) is 20.8 Å². The van der Waals surface area contributed by atoms with Crippen LogP contribution in [0.15, 0.2) is 24.3 Å². The second kappa shape index (κ2) is 5.79. The Kier molecular flexibility index (Phi) is 3.99. The van der Waals surface area contributed by atoms with Gasteiger partial charge in [0.25, 0.3) is 0 Å². The fraction of sp³-hybridized carbons (Fsp3) is 0.429. The summed E-state index contributed by atoms with van der Waals surface area (Å²) in [7, 11) is 0. The lowest BCUT2D eigenvalue weighted by atomic mass is 9.93. The standard InChI is InChI=1S/C21H27N/c1-6-8-9-17-16(5)15(4)13-20-21(17)18-12-14(3)10-11-19(18)22(20)7-2/h10-13H,6-9H2,1-5H3. The summed E-state index contributed by atoms with van der Waals surface area (Å²) in [5.74, 6) is 0. The predicted molar refractivity (Wildman–Crippen MR) is 97.9 cm³/mol. The molecule has 22 heavy (non-hydrogen) atoms. The number of hydrogen-bond donors (Lipinski definition) is 0. The molecule has 0 bridgehead atoms. The van der Waals surface area contributed by atoms with Crippen LogP contribution in [0.5, 0.6) is 0 Å². The van der Waals surface area contributed by atoms with Crippen LogP contribution in [0.4, 0.5) is 0 Å². The van der Waals surface area contributed by atoms with E-state index in [0.29, 0.717) is 0 Å². The first-order chi connectivity index (χ1) is 10.6. The summed E-state index contributed by atoms with van der Waals surface area (Å²) in [5.41, 5.74) is 8.62. The Hall–Kier alpha value is -1.76. The highest BCUT2D eigenvalue weighted by Crippen LogP contribution is 2.36. The van der Waals surface area contributed by atoms with Gasteiger partial charge in [0.05, 0.1) is 0 Å². The van der Waals surface area contributed by atoms with Gasteiger partial charge < -0.3 is 4.57 Å². The third kappa shape index (κ3) is 2.24. The topological polar surface area (TPSA) is 4.93 Å². The first-order valence-corrected chi connectivity index (χ1v) is 8.60. The molecule has 1 heterocycles. The van der Waals surface area contributed by atoms with E-state index in [2.05, 4.69) is 63.5 Å². The van der Waals surface area contributed by atoms with Gasteiger partial charge in [0.2, 0.25) is 0 Å². The molecule has 0 aliphatic carbocycles. The lowest BCUT2D eigenvalue weighted by molar-refractivity contribution is 0.793. The molecule has 0 aliphatic heterocycles. The summed E-state index contributed by atoms with van der Waals surface area (Å²) in [6, 6.07) is 9.29. The molecule has 3 aromatic rings.